The highest BCUT2D eigenvalue weighted by Crippen LogP contribution is 2.08. The van der Waals surface area contributed by atoms with Gasteiger partial charge >= 0.3 is 7.12 Å². The van der Waals surface area contributed by atoms with Crippen molar-refractivity contribution >= 4 is 28.5 Å². The van der Waals surface area contributed by atoms with Gasteiger partial charge in [-0.2, -0.15) is 0 Å². The van der Waals surface area contributed by atoms with Gasteiger partial charge in [0.05, 0.1) is 0 Å². The lowest BCUT2D eigenvalue weighted by Crippen LogP contribution is -2.33. The SMILES string of the molecule is OB(O)c1cccc(F)c1CBr. The molecule has 0 aliphatic carbocycles. The second kappa shape index (κ2) is 4.02. The van der Waals surface area contributed by atoms with Gasteiger partial charge in [-0.3, -0.25) is 0 Å². The maximum Gasteiger partial charge on any atom is 0.488 e. The Morgan fingerprint density at radius 3 is 2.50 bits per heavy atom. The largest absolute Gasteiger partial charge is 0.488 e. The van der Waals surface area contributed by atoms with Crippen LogP contribution in [-0.4, -0.2) is 17.2 Å². The highest BCUT2D eigenvalue weighted by molar-refractivity contribution is 9.08. The number of benzene rings is 1. The van der Waals surface area contributed by atoms with E-state index in [-0.39, 0.29) is 16.4 Å². The van der Waals surface area contributed by atoms with E-state index >= 15 is 0 Å². The van der Waals surface area contributed by atoms with Crippen LogP contribution in [0, 0.1) is 5.82 Å². The van der Waals surface area contributed by atoms with Crippen molar-refractivity contribution in [3.8, 4) is 0 Å². The van der Waals surface area contributed by atoms with Crippen molar-refractivity contribution in [1.82, 2.24) is 0 Å². The third-order valence-corrected chi connectivity index (χ3v) is 2.13. The predicted octanol–water partition coefficient (Wildman–Crippen LogP) is 0.400. The molecule has 5 heteroatoms. The molecule has 0 amide bonds. The summed E-state index contributed by atoms with van der Waals surface area (Å²) >= 11 is 3.07. The predicted molar refractivity (Wildman–Crippen MR) is 48.9 cm³/mol. The number of rotatable bonds is 2. The molecule has 2 N–H and O–H groups in total. The van der Waals surface area contributed by atoms with E-state index in [4.69, 9.17) is 10.0 Å². The average molecular weight is 233 g/mol. The molecule has 0 saturated carbocycles. The minimum Gasteiger partial charge on any atom is -0.423 e. The van der Waals surface area contributed by atoms with Crippen molar-refractivity contribution in [1.29, 1.82) is 0 Å². The second-order valence-electron chi connectivity index (χ2n) is 2.31. The Labute approximate surface area is 78.3 Å². The standard InChI is InChI=1S/C7H7BBrFO2/c9-4-5-6(8(11)12)2-1-3-7(5)10/h1-3,11-12H,4H2. The van der Waals surface area contributed by atoms with E-state index in [9.17, 15) is 4.39 Å². The zero-order valence-corrected chi connectivity index (χ0v) is 7.75. The fourth-order valence-corrected chi connectivity index (χ4v) is 1.55. The number of hydrogen-bond donors (Lipinski definition) is 2. The normalized spacial score (nSPS) is 10.0. The summed E-state index contributed by atoms with van der Waals surface area (Å²) in [7, 11) is -1.62. The molecule has 0 aliphatic heterocycles. The Bertz CT molecular complexity index is 280. The molecular weight excluding hydrogens is 226 g/mol. The smallest absolute Gasteiger partial charge is 0.423 e. The molecule has 0 spiro atoms. The molecule has 0 bridgehead atoms. The Kier molecular flexibility index (Phi) is 3.25. The van der Waals surface area contributed by atoms with Gasteiger partial charge in [-0.25, -0.2) is 4.39 Å². The summed E-state index contributed by atoms with van der Waals surface area (Å²) in [6.45, 7) is 0. The fraction of sp³-hybridized carbons (Fsp3) is 0.143. The number of hydrogen-bond acceptors (Lipinski definition) is 2. The van der Waals surface area contributed by atoms with Gasteiger partial charge in [-0.1, -0.05) is 28.1 Å². The summed E-state index contributed by atoms with van der Waals surface area (Å²) in [5.74, 6) is -0.433. The van der Waals surface area contributed by atoms with Crippen molar-refractivity contribution in [2.75, 3.05) is 0 Å². The molecular formula is C7H7BBrFO2. The van der Waals surface area contributed by atoms with Crippen molar-refractivity contribution in [3.63, 3.8) is 0 Å². The average Bonchev–Trinajstić information content (AvgIpc) is 2.03. The summed E-state index contributed by atoms with van der Waals surface area (Å²) in [5, 5.41) is 17.9. The van der Waals surface area contributed by atoms with Gasteiger partial charge in [0.1, 0.15) is 5.82 Å². The second-order valence-corrected chi connectivity index (χ2v) is 2.88. The van der Waals surface area contributed by atoms with Crippen LogP contribution in [0.1, 0.15) is 5.56 Å². The van der Waals surface area contributed by atoms with E-state index < -0.39 is 12.9 Å². The van der Waals surface area contributed by atoms with Crippen molar-refractivity contribution < 1.29 is 14.4 Å². The third-order valence-electron chi connectivity index (χ3n) is 1.57. The maximum atomic E-state index is 13.0. The van der Waals surface area contributed by atoms with E-state index in [0.717, 1.165) is 0 Å². The molecule has 0 heterocycles. The molecule has 12 heavy (non-hydrogen) atoms. The highest BCUT2D eigenvalue weighted by Gasteiger charge is 2.17. The van der Waals surface area contributed by atoms with E-state index in [1.165, 1.54) is 18.2 Å². The lowest BCUT2D eigenvalue weighted by Gasteiger charge is -2.05. The van der Waals surface area contributed by atoms with Crippen molar-refractivity contribution in [2.24, 2.45) is 0 Å². The van der Waals surface area contributed by atoms with E-state index in [1.54, 1.807) is 0 Å². The van der Waals surface area contributed by atoms with Gasteiger partial charge in [0.15, 0.2) is 0 Å². The monoisotopic (exact) mass is 232 g/mol. The highest BCUT2D eigenvalue weighted by atomic mass is 79.9. The molecule has 1 rings (SSSR count). The summed E-state index contributed by atoms with van der Waals surface area (Å²) in [6.07, 6.45) is 0. The quantitative estimate of drug-likeness (QED) is 0.573. The summed E-state index contributed by atoms with van der Waals surface area (Å²) in [6, 6.07) is 4.20. The first kappa shape index (κ1) is 9.70. The van der Waals surface area contributed by atoms with Crippen LogP contribution < -0.4 is 5.46 Å². The zero-order chi connectivity index (χ0) is 9.14. The summed E-state index contributed by atoms with van der Waals surface area (Å²) in [5.41, 5.74) is 0.486. The molecule has 1 aromatic rings. The van der Waals surface area contributed by atoms with Gasteiger partial charge in [0, 0.05) is 5.33 Å². The van der Waals surface area contributed by atoms with Crippen molar-refractivity contribution in [2.45, 2.75) is 5.33 Å². The third kappa shape index (κ3) is 1.85. The summed E-state index contributed by atoms with van der Waals surface area (Å²) in [4.78, 5) is 0. The van der Waals surface area contributed by atoms with Crippen LogP contribution >= 0.6 is 15.9 Å². The van der Waals surface area contributed by atoms with Crippen LogP contribution in [0.3, 0.4) is 0 Å². The minimum absolute atomic E-state index is 0.201. The van der Waals surface area contributed by atoms with Crippen LogP contribution in [0.5, 0.6) is 0 Å². The van der Waals surface area contributed by atoms with Gasteiger partial charge in [0.25, 0.3) is 0 Å². The molecule has 1 aromatic carbocycles. The van der Waals surface area contributed by atoms with Crippen LogP contribution in [0.2, 0.25) is 0 Å². The number of alkyl halides is 1. The minimum atomic E-state index is -1.62. The Morgan fingerprint density at radius 1 is 1.42 bits per heavy atom. The van der Waals surface area contributed by atoms with E-state index in [1.807, 2.05) is 0 Å². The zero-order valence-electron chi connectivity index (χ0n) is 6.17. The molecule has 0 aliphatic rings. The van der Waals surface area contributed by atoms with Gasteiger partial charge < -0.3 is 10.0 Å². The van der Waals surface area contributed by atoms with Gasteiger partial charge in [-0.15, -0.1) is 0 Å². The van der Waals surface area contributed by atoms with Gasteiger partial charge in [-0.05, 0) is 17.1 Å². The molecule has 0 aromatic heterocycles. The Balaban J connectivity index is 3.18. The van der Waals surface area contributed by atoms with Crippen molar-refractivity contribution in [3.05, 3.63) is 29.6 Å². The molecule has 0 atom stereocenters. The first-order chi connectivity index (χ1) is 5.66. The van der Waals surface area contributed by atoms with Crippen LogP contribution in [0.25, 0.3) is 0 Å². The lowest BCUT2D eigenvalue weighted by molar-refractivity contribution is 0.425. The first-order valence-electron chi connectivity index (χ1n) is 3.36. The molecule has 2 nitrogen and oxygen atoms in total. The Hall–Kier alpha value is -0.385. The molecule has 0 radical (unpaired) electrons. The summed E-state index contributed by atoms with van der Waals surface area (Å²) < 4.78 is 13.0. The first-order valence-corrected chi connectivity index (χ1v) is 4.48. The van der Waals surface area contributed by atoms with E-state index in [2.05, 4.69) is 15.9 Å². The van der Waals surface area contributed by atoms with Crippen LogP contribution in [-0.2, 0) is 5.33 Å². The number of halogens is 2. The topological polar surface area (TPSA) is 40.5 Å². The van der Waals surface area contributed by atoms with E-state index in [0.29, 0.717) is 0 Å². The molecule has 0 saturated heterocycles. The van der Waals surface area contributed by atoms with Crippen LogP contribution in [0.4, 0.5) is 4.39 Å². The maximum absolute atomic E-state index is 13.0. The van der Waals surface area contributed by atoms with Gasteiger partial charge in [0.2, 0.25) is 0 Å². The Morgan fingerprint density at radius 2 is 2.08 bits per heavy atom. The fourth-order valence-electron chi connectivity index (χ4n) is 0.958. The molecule has 0 unspecified atom stereocenters. The van der Waals surface area contributed by atoms with Crippen LogP contribution in [0.15, 0.2) is 18.2 Å². The lowest BCUT2D eigenvalue weighted by atomic mass is 9.77. The molecule has 64 valence electrons. The molecule has 0 fully saturated rings.